The second kappa shape index (κ2) is 10.3. The lowest BCUT2D eigenvalue weighted by atomic mass is 9.99. The highest BCUT2D eigenvalue weighted by Gasteiger charge is 2.17. The Morgan fingerprint density at radius 3 is 2.21 bits per heavy atom. The zero-order chi connectivity index (χ0) is 26.8. The van der Waals surface area contributed by atoms with Gasteiger partial charge in [-0.1, -0.05) is 84.9 Å². The van der Waals surface area contributed by atoms with Crippen molar-refractivity contribution in [2.24, 2.45) is 0 Å². The molecule has 0 unspecified atom stereocenters. The molecule has 2 heterocycles. The van der Waals surface area contributed by atoms with Crippen LogP contribution in [0.25, 0.3) is 27.4 Å². The van der Waals surface area contributed by atoms with Gasteiger partial charge in [-0.25, -0.2) is 4.79 Å². The number of carbonyl (C=O) groups is 2. The van der Waals surface area contributed by atoms with Gasteiger partial charge in [0.1, 0.15) is 0 Å². The molecule has 2 aromatic heterocycles. The van der Waals surface area contributed by atoms with Crippen molar-refractivity contribution in [3.05, 3.63) is 149 Å². The fourth-order valence-electron chi connectivity index (χ4n) is 5.04. The van der Waals surface area contributed by atoms with Crippen molar-refractivity contribution in [2.75, 3.05) is 0 Å². The van der Waals surface area contributed by atoms with E-state index in [2.05, 4.69) is 47.9 Å². The average Bonchev–Trinajstić information content (AvgIpc) is 3.38. The van der Waals surface area contributed by atoms with Crippen LogP contribution in [0.2, 0.25) is 0 Å². The predicted molar refractivity (Wildman–Crippen MR) is 154 cm³/mol. The van der Waals surface area contributed by atoms with Gasteiger partial charge in [0.05, 0.1) is 16.6 Å². The van der Waals surface area contributed by atoms with E-state index in [0.29, 0.717) is 18.5 Å². The summed E-state index contributed by atoms with van der Waals surface area (Å²) in [5.74, 6) is -1.16. The van der Waals surface area contributed by atoms with E-state index >= 15 is 0 Å². The van der Waals surface area contributed by atoms with Crippen molar-refractivity contribution in [2.45, 2.75) is 13.0 Å². The standard InChI is InChI=1S/C34H26N2O3/c37-33(35-21-23-10-14-27(15-11-23)34(38)39)31-20-30(25-6-2-1-3-7-25)22-36-17-16-29(32(31)36)19-24-12-13-26-8-4-5-9-28(26)18-24/h1-18,20,22H,19,21H2,(H,35,37)(H,38,39). The third-order valence-electron chi connectivity index (χ3n) is 7.05. The minimum Gasteiger partial charge on any atom is -0.478 e. The number of rotatable bonds is 7. The zero-order valence-corrected chi connectivity index (χ0v) is 21.2. The molecule has 39 heavy (non-hydrogen) atoms. The Morgan fingerprint density at radius 1 is 0.718 bits per heavy atom. The van der Waals surface area contributed by atoms with E-state index in [1.165, 1.54) is 16.3 Å². The fourth-order valence-corrected chi connectivity index (χ4v) is 5.04. The Balaban J connectivity index is 1.36. The molecule has 0 saturated heterocycles. The van der Waals surface area contributed by atoms with E-state index in [4.69, 9.17) is 5.11 Å². The van der Waals surface area contributed by atoms with Crippen molar-refractivity contribution in [1.29, 1.82) is 0 Å². The van der Waals surface area contributed by atoms with E-state index in [1.54, 1.807) is 24.3 Å². The largest absolute Gasteiger partial charge is 0.478 e. The molecule has 0 aliphatic heterocycles. The van der Waals surface area contributed by atoms with Gasteiger partial charge in [-0.15, -0.1) is 0 Å². The summed E-state index contributed by atoms with van der Waals surface area (Å²) in [6.07, 6.45) is 4.78. The van der Waals surface area contributed by atoms with Crippen LogP contribution in [-0.4, -0.2) is 21.4 Å². The summed E-state index contributed by atoms with van der Waals surface area (Å²) >= 11 is 0. The smallest absolute Gasteiger partial charge is 0.335 e. The summed E-state index contributed by atoms with van der Waals surface area (Å²) < 4.78 is 2.04. The number of carboxylic acids is 1. The van der Waals surface area contributed by atoms with Crippen LogP contribution in [0, 0.1) is 0 Å². The molecule has 6 aromatic rings. The summed E-state index contributed by atoms with van der Waals surface area (Å²) in [7, 11) is 0. The topological polar surface area (TPSA) is 70.8 Å². The molecule has 0 bridgehead atoms. The highest BCUT2D eigenvalue weighted by Crippen LogP contribution is 2.28. The molecule has 0 aliphatic carbocycles. The number of hydrogen-bond donors (Lipinski definition) is 2. The summed E-state index contributed by atoms with van der Waals surface area (Å²) in [5.41, 5.74) is 6.75. The minimum atomic E-state index is -0.974. The predicted octanol–water partition coefficient (Wildman–Crippen LogP) is 6.98. The third-order valence-corrected chi connectivity index (χ3v) is 7.05. The molecule has 0 atom stereocenters. The van der Waals surface area contributed by atoms with Gasteiger partial charge in [-0.2, -0.15) is 0 Å². The normalized spacial score (nSPS) is 11.1. The van der Waals surface area contributed by atoms with Gasteiger partial charge >= 0.3 is 5.97 Å². The van der Waals surface area contributed by atoms with Crippen molar-refractivity contribution >= 4 is 28.2 Å². The molecule has 6 rings (SSSR count). The molecule has 5 heteroatoms. The third kappa shape index (κ3) is 5.03. The quantitative estimate of drug-likeness (QED) is 0.243. The first-order chi connectivity index (χ1) is 19.0. The van der Waals surface area contributed by atoms with Crippen molar-refractivity contribution in [1.82, 2.24) is 9.72 Å². The van der Waals surface area contributed by atoms with Crippen LogP contribution in [-0.2, 0) is 13.0 Å². The number of carbonyl (C=O) groups excluding carboxylic acids is 1. The summed E-state index contributed by atoms with van der Waals surface area (Å²) in [4.78, 5) is 24.8. The summed E-state index contributed by atoms with van der Waals surface area (Å²) in [6.45, 7) is 0.293. The molecule has 1 amide bonds. The molecular weight excluding hydrogens is 484 g/mol. The number of hydrogen-bond acceptors (Lipinski definition) is 2. The molecule has 0 fully saturated rings. The number of nitrogens with one attached hydrogen (secondary N) is 1. The maximum absolute atomic E-state index is 13.6. The van der Waals surface area contributed by atoms with E-state index in [-0.39, 0.29) is 11.5 Å². The van der Waals surface area contributed by atoms with Crippen LogP contribution in [0.1, 0.15) is 37.4 Å². The average molecular weight is 511 g/mol. The highest BCUT2D eigenvalue weighted by molar-refractivity contribution is 6.03. The number of nitrogens with zero attached hydrogens (tertiary/aromatic N) is 1. The van der Waals surface area contributed by atoms with Gasteiger partial charge in [0.25, 0.3) is 5.91 Å². The molecule has 0 aliphatic rings. The molecule has 0 radical (unpaired) electrons. The van der Waals surface area contributed by atoms with Crippen molar-refractivity contribution in [3.63, 3.8) is 0 Å². The van der Waals surface area contributed by atoms with E-state index in [0.717, 1.165) is 27.8 Å². The van der Waals surface area contributed by atoms with Crippen LogP contribution in [0.3, 0.4) is 0 Å². The van der Waals surface area contributed by atoms with Crippen LogP contribution in [0.5, 0.6) is 0 Å². The Kier molecular flexibility index (Phi) is 6.39. The monoisotopic (exact) mass is 510 g/mol. The van der Waals surface area contributed by atoms with E-state index in [9.17, 15) is 9.59 Å². The Labute approximate surface area is 226 Å². The Morgan fingerprint density at radius 2 is 1.44 bits per heavy atom. The Bertz CT molecular complexity index is 1820. The fraction of sp³-hybridized carbons (Fsp3) is 0.0588. The van der Waals surface area contributed by atoms with Gasteiger partial charge < -0.3 is 14.8 Å². The maximum Gasteiger partial charge on any atom is 0.335 e. The number of fused-ring (bicyclic) bond motifs is 2. The van der Waals surface area contributed by atoms with Crippen LogP contribution in [0.4, 0.5) is 0 Å². The second-order valence-electron chi connectivity index (χ2n) is 9.65. The van der Waals surface area contributed by atoms with Gasteiger partial charge in [-0.05, 0) is 69.3 Å². The second-order valence-corrected chi connectivity index (χ2v) is 9.65. The number of benzene rings is 4. The lowest BCUT2D eigenvalue weighted by Gasteiger charge is -2.13. The first-order valence-electron chi connectivity index (χ1n) is 12.8. The first-order valence-corrected chi connectivity index (χ1v) is 12.8. The molecule has 0 saturated carbocycles. The van der Waals surface area contributed by atoms with Crippen LogP contribution < -0.4 is 5.32 Å². The molecule has 0 spiro atoms. The van der Waals surface area contributed by atoms with Gasteiger partial charge in [0.2, 0.25) is 0 Å². The summed E-state index contributed by atoms with van der Waals surface area (Å²) in [5, 5.41) is 14.6. The van der Waals surface area contributed by atoms with Crippen LogP contribution in [0.15, 0.2) is 122 Å². The maximum atomic E-state index is 13.6. The number of amides is 1. The number of carboxylic acid groups (broad SMARTS) is 1. The van der Waals surface area contributed by atoms with Crippen molar-refractivity contribution in [3.8, 4) is 11.1 Å². The Hall–Kier alpha value is -5.16. The lowest BCUT2D eigenvalue weighted by Crippen LogP contribution is -2.23. The molecule has 2 N–H and O–H groups in total. The SMILES string of the molecule is O=C(O)c1ccc(CNC(=O)c2cc(-c3ccccc3)cn3ccc(Cc4ccc5ccccc5c4)c23)cc1. The van der Waals surface area contributed by atoms with Gasteiger partial charge in [0, 0.05) is 18.9 Å². The summed E-state index contributed by atoms with van der Waals surface area (Å²) in [6, 6.07) is 35.4. The molecular formula is C34H26N2O3. The number of aromatic nitrogens is 1. The number of pyridine rings is 1. The lowest BCUT2D eigenvalue weighted by molar-refractivity contribution is 0.0696. The molecule has 4 aromatic carbocycles. The molecule has 190 valence electrons. The van der Waals surface area contributed by atoms with Crippen molar-refractivity contribution < 1.29 is 14.7 Å². The van der Waals surface area contributed by atoms with Gasteiger partial charge in [0.15, 0.2) is 0 Å². The van der Waals surface area contributed by atoms with Gasteiger partial charge in [-0.3, -0.25) is 4.79 Å². The number of aromatic carboxylic acids is 1. The van der Waals surface area contributed by atoms with E-state index in [1.807, 2.05) is 59.1 Å². The minimum absolute atomic E-state index is 0.182. The van der Waals surface area contributed by atoms with Crippen LogP contribution >= 0.6 is 0 Å². The molecule has 5 nitrogen and oxygen atoms in total. The highest BCUT2D eigenvalue weighted by atomic mass is 16.4. The zero-order valence-electron chi connectivity index (χ0n) is 21.2. The first kappa shape index (κ1) is 24.2. The van der Waals surface area contributed by atoms with E-state index < -0.39 is 5.97 Å².